The van der Waals surface area contributed by atoms with Crippen LogP contribution in [0, 0.1) is 0 Å². The van der Waals surface area contributed by atoms with Crippen molar-refractivity contribution in [2.24, 2.45) is 0 Å². The third kappa shape index (κ3) is 2.95. The normalized spacial score (nSPS) is 15.9. The molecule has 0 spiro atoms. The molecule has 0 bridgehead atoms. The lowest BCUT2D eigenvalue weighted by Crippen LogP contribution is -2.04. The van der Waals surface area contributed by atoms with Crippen molar-refractivity contribution < 1.29 is 0 Å². The Morgan fingerprint density at radius 1 is 0.789 bits per heavy atom. The highest BCUT2D eigenvalue weighted by atomic mass is 79.9. The van der Waals surface area contributed by atoms with Gasteiger partial charge in [0.15, 0.2) is 0 Å². The number of hydrogen-bond acceptors (Lipinski definition) is 0. The summed E-state index contributed by atoms with van der Waals surface area (Å²) in [5.74, 6) is 0. The van der Waals surface area contributed by atoms with Crippen LogP contribution in [-0.4, -0.2) is 0 Å². The van der Waals surface area contributed by atoms with E-state index in [0.717, 1.165) is 4.47 Å². The molecule has 1 aliphatic rings. The molecule has 0 saturated heterocycles. The van der Waals surface area contributed by atoms with Gasteiger partial charge < -0.3 is 0 Å². The van der Waals surface area contributed by atoms with Crippen LogP contribution in [0.25, 0.3) is 0 Å². The minimum atomic E-state index is 0.285. The summed E-state index contributed by atoms with van der Waals surface area (Å²) in [6.07, 6.45) is 5.17. The summed E-state index contributed by atoms with van der Waals surface area (Å²) in [6, 6.07) is 15.5. The summed E-state index contributed by atoms with van der Waals surface area (Å²) in [7, 11) is 0. The van der Waals surface area contributed by atoms with Gasteiger partial charge in [-0.05, 0) is 60.1 Å². The molecule has 2 aromatic carbocycles. The van der Waals surface area contributed by atoms with Crippen LogP contribution in [0.2, 0.25) is 0 Å². The highest BCUT2D eigenvalue weighted by Gasteiger charge is 2.14. The second-order valence-electron chi connectivity index (χ2n) is 5.15. The fourth-order valence-electron chi connectivity index (χ4n) is 2.74. The topological polar surface area (TPSA) is 0 Å². The van der Waals surface area contributed by atoms with Crippen molar-refractivity contribution in [2.45, 2.75) is 30.5 Å². The molecule has 0 nitrogen and oxygen atoms in total. The molecule has 0 radical (unpaired) electrons. The monoisotopic (exact) mass is 378 g/mol. The average Bonchev–Trinajstić information content (AvgIpc) is 2.47. The SMILES string of the molecule is Brc1ccc(C(Br)c2ccc3c(c2)CCCC3)cc1. The molecule has 98 valence electrons. The summed E-state index contributed by atoms with van der Waals surface area (Å²) in [4.78, 5) is 0.285. The van der Waals surface area contributed by atoms with Crippen LogP contribution in [0.3, 0.4) is 0 Å². The van der Waals surface area contributed by atoms with E-state index < -0.39 is 0 Å². The predicted molar refractivity (Wildman–Crippen MR) is 88.0 cm³/mol. The van der Waals surface area contributed by atoms with Gasteiger partial charge in [-0.1, -0.05) is 62.2 Å². The van der Waals surface area contributed by atoms with Gasteiger partial charge in [0.25, 0.3) is 0 Å². The maximum Gasteiger partial charge on any atom is 0.0644 e. The maximum atomic E-state index is 3.83. The van der Waals surface area contributed by atoms with E-state index in [1.807, 2.05) is 0 Å². The fourth-order valence-corrected chi connectivity index (χ4v) is 3.59. The van der Waals surface area contributed by atoms with Crippen LogP contribution < -0.4 is 0 Å². The van der Waals surface area contributed by atoms with E-state index in [1.54, 1.807) is 11.1 Å². The van der Waals surface area contributed by atoms with Crippen molar-refractivity contribution in [3.8, 4) is 0 Å². The first-order valence-corrected chi connectivity index (χ1v) is 8.46. The van der Waals surface area contributed by atoms with Crippen molar-refractivity contribution in [2.75, 3.05) is 0 Å². The zero-order chi connectivity index (χ0) is 13.2. The van der Waals surface area contributed by atoms with Crippen molar-refractivity contribution in [1.29, 1.82) is 0 Å². The van der Waals surface area contributed by atoms with Crippen LogP contribution in [0.15, 0.2) is 46.9 Å². The van der Waals surface area contributed by atoms with Gasteiger partial charge in [0.2, 0.25) is 0 Å². The molecule has 0 fully saturated rings. The minimum Gasteiger partial charge on any atom is -0.0786 e. The number of fused-ring (bicyclic) bond motifs is 1. The van der Waals surface area contributed by atoms with Gasteiger partial charge in [0, 0.05) is 4.47 Å². The van der Waals surface area contributed by atoms with Gasteiger partial charge in [0.1, 0.15) is 0 Å². The van der Waals surface area contributed by atoms with Crippen LogP contribution in [0.5, 0.6) is 0 Å². The molecule has 2 aromatic rings. The fraction of sp³-hybridized carbons (Fsp3) is 0.294. The lowest BCUT2D eigenvalue weighted by atomic mass is 9.89. The van der Waals surface area contributed by atoms with E-state index in [2.05, 4.69) is 74.3 Å². The third-order valence-electron chi connectivity index (χ3n) is 3.83. The molecule has 0 aromatic heterocycles. The lowest BCUT2D eigenvalue weighted by molar-refractivity contribution is 0.684. The smallest absolute Gasteiger partial charge is 0.0644 e. The average molecular weight is 380 g/mol. The number of benzene rings is 2. The maximum absolute atomic E-state index is 3.83. The predicted octanol–water partition coefficient (Wildman–Crippen LogP) is 5.81. The second kappa shape index (κ2) is 5.80. The van der Waals surface area contributed by atoms with E-state index in [4.69, 9.17) is 0 Å². The van der Waals surface area contributed by atoms with E-state index in [-0.39, 0.29) is 4.83 Å². The van der Waals surface area contributed by atoms with Gasteiger partial charge in [0.05, 0.1) is 4.83 Å². The number of halogens is 2. The first-order chi connectivity index (χ1) is 9.24. The van der Waals surface area contributed by atoms with E-state index in [1.165, 1.54) is 36.8 Å². The Hall–Kier alpha value is -0.600. The Labute approximate surface area is 131 Å². The summed E-state index contributed by atoms with van der Waals surface area (Å²) >= 11 is 7.32. The Balaban J connectivity index is 1.91. The molecule has 0 N–H and O–H groups in total. The van der Waals surface area contributed by atoms with Crippen molar-refractivity contribution >= 4 is 31.9 Å². The van der Waals surface area contributed by atoms with E-state index in [9.17, 15) is 0 Å². The Kier molecular flexibility index (Phi) is 4.09. The van der Waals surface area contributed by atoms with Crippen molar-refractivity contribution in [1.82, 2.24) is 0 Å². The molecule has 1 unspecified atom stereocenters. The number of hydrogen-bond donors (Lipinski definition) is 0. The quantitative estimate of drug-likeness (QED) is 0.577. The molecule has 1 aliphatic carbocycles. The Morgan fingerprint density at radius 2 is 1.42 bits per heavy atom. The van der Waals surface area contributed by atoms with Crippen LogP contribution in [0.4, 0.5) is 0 Å². The molecule has 0 aliphatic heterocycles. The Morgan fingerprint density at radius 3 is 2.16 bits per heavy atom. The number of rotatable bonds is 2. The van der Waals surface area contributed by atoms with E-state index >= 15 is 0 Å². The van der Waals surface area contributed by atoms with E-state index in [0.29, 0.717) is 0 Å². The molecular weight excluding hydrogens is 364 g/mol. The van der Waals surface area contributed by atoms with Gasteiger partial charge in [-0.3, -0.25) is 0 Å². The van der Waals surface area contributed by atoms with Crippen LogP contribution >= 0.6 is 31.9 Å². The molecule has 3 rings (SSSR count). The molecule has 0 amide bonds. The molecule has 0 saturated carbocycles. The lowest BCUT2D eigenvalue weighted by Gasteiger charge is -2.18. The molecular formula is C17H16Br2. The van der Waals surface area contributed by atoms with Gasteiger partial charge in [-0.2, -0.15) is 0 Å². The van der Waals surface area contributed by atoms with Gasteiger partial charge in [-0.15, -0.1) is 0 Å². The van der Waals surface area contributed by atoms with Crippen LogP contribution in [-0.2, 0) is 12.8 Å². The standard InChI is InChI=1S/C17H16Br2/c18-16-9-7-13(8-10-16)17(19)15-6-5-12-3-1-2-4-14(12)11-15/h5-11,17H,1-4H2. The zero-order valence-electron chi connectivity index (χ0n) is 10.7. The summed E-state index contributed by atoms with van der Waals surface area (Å²) in [6.45, 7) is 0. The highest BCUT2D eigenvalue weighted by molar-refractivity contribution is 9.10. The zero-order valence-corrected chi connectivity index (χ0v) is 13.9. The van der Waals surface area contributed by atoms with Gasteiger partial charge >= 0.3 is 0 Å². The van der Waals surface area contributed by atoms with Crippen LogP contribution in [0.1, 0.15) is 39.9 Å². The largest absolute Gasteiger partial charge is 0.0786 e. The molecule has 19 heavy (non-hydrogen) atoms. The first kappa shape index (κ1) is 13.4. The third-order valence-corrected chi connectivity index (χ3v) is 5.41. The van der Waals surface area contributed by atoms with Crippen molar-refractivity contribution in [3.63, 3.8) is 0 Å². The summed E-state index contributed by atoms with van der Waals surface area (Å²) in [5, 5.41) is 0. The Bertz CT molecular complexity index is 572. The minimum absolute atomic E-state index is 0.285. The molecule has 2 heteroatoms. The molecule has 0 heterocycles. The molecule has 1 atom stereocenters. The second-order valence-corrected chi connectivity index (χ2v) is 6.98. The number of aryl methyl sites for hydroxylation is 2. The first-order valence-electron chi connectivity index (χ1n) is 6.75. The summed E-state index contributed by atoms with van der Waals surface area (Å²) in [5.41, 5.74) is 5.76. The summed E-state index contributed by atoms with van der Waals surface area (Å²) < 4.78 is 1.13. The number of alkyl halides is 1. The van der Waals surface area contributed by atoms with Gasteiger partial charge in [-0.25, -0.2) is 0 Å². The van der Waals surface area contributed by atoms with Crippen molar-refractivity contribution in [3.05, 3.63) is 69.2 Å². The highest BCUT2D eigenvalue weighted by Crippen LogP contribution is 2.33.